The summed E-state index contributed by atoms with van der Waals surface area (Å²) >= 11 is 0. The van der Waals surface area contributed by atoms with Crippen LogP contribution in [0.4, 0.5) is 5.82 Å². The standard InChI is InChI=1S/C20H23N5O/c1-15-6-8-16(9-7-15)14-25-19(10-12-21-25)22-20(26)18-11-13-24(23-18)17-4-2-3-5-17/h6-13,17H,2-5,14H2,1H3,(H,22,26). The maximum atomic E-state index is 12.6. The van der Waals surface area contributed by atoms with E-state index >= 15 is 0 Å². The Hall–Kier alpha value is -2.89. The summed E-state index contributed by atoms with van der Waals surface area (Å²) in [5, 5.41) is 11.7. The average molecular weight is 349 g/mol. The summed E-state index contributed by atoms with van der Waals surface area (Å²) in [6.45, 7) is 2.67. The zero-order valence-corrected chi connectivity index (χ0v) is 14.9. The molecule has 134 valence electrons. The van der Waals surface area contributed by atoms with E-state index in [2.05, 4.69) is 46.7 Å². The number of aryl methyl sites for hydroxylation is 1. The van der Waals surface area contributed by atoms with E-state index < -0.39 is 0 Å². The molecule has 1 aliphatic carbocycles. The highest BCUT2D eigenvalue weighted by atomic mass is 16.2. The van der Waals surface area contributed by atoms with Crippen LogP contribution in [0.2, 0.25) is 0 Å². The lowest BCUT2D eigenvalue weighted by atomic mass is 10.1. The molecule has 0 bridgehead atoms. The molecule has 2 aromatic heterocycles. The van der Waals surface area contributed by atoms with E-state index in [1.807, 2.05) is 10.9 Å². The van der Waals surface area contributed by atoms with Gasteiger partial charge in [0, 0.05) is 12.3 Å². The third-order valence-corrected chi connectivity index (χ3v) is 4.95. The molecule has 0 saturated heterocycles. The van der Waals surface area contributed by atoms with E-state index in [4.69, 9.17) is 0 Å². The fourth-order valence-electron chi connectivity index (χ4n) is 3.44. The van der Waals surface area contributed by atoms with Gasteiger partial charge in [0.05, 0.1) is 18.8 Å². The van der Waals surface area contributed by atoms with Crippen molar-refractivity contribution < 1.29 is 4.79 Å². The molecular formula is C20H23N5O. The number of amides is 1. The zero-order chi connectivity index (χ0) is 17.9. The summed E-state index contributed by atoms with van der Waals surface area (Å²) in [5.74, 6) is 0.471. The minimum atomic E-state index is -0.201. The molecule has 0 spiro atoms. The monoisotopic (exact) mass is 349 g/mol. The second kappa shape index (κ2) is 7.15. The fraction of sp³-hybridized carbons (Fsp3) is 0.350. The second-order valence-corrected chi connectivity index (χ2v) is 6.93. The molecule has 1 fully saturated rings. The molecule has 3 aromatic rings. The lowest BCUT2D eigenvalue weighted by Crippen LogP contribution is -2.17. The molecule has 1 aliphatic rings. The van der Waals surface area contributed by atoms with Crippen molar-refractivity contribution in [3.05, 3.63) is 65.6 Å². The van der Waals surface area contributed by atoms with Gasteiger partial charge in [-0.25, -0.2) is 4.68 Å². The molecule has 6 nitrogen and oxygen atoms in total. The highest BCUT2D eigenvalue weighted by Crippen LogP contribution is 2.28. The Morgan fingerprint density at radius 2 is 1.92 bits per heavy atom. The second-order valence-electron chi connectivity index (χ2n) is 6.93. The summed E-state index contributed by atoms with van der Waals surface area (Å²) in [4.78, 5) is 12.6. The predicted molar refractivity (Wildman–Crippen MR) is 100 cm³/mol. The van der Waals surface area contributed by atoms with Crippen LogP contribution in [0.3, 0.4) is 0 Å². The van der Waals surface area contributed by atoms with E-state index in [-0.39, 0.29) is 5.91 Å². The minimum Gasteiger partial charge on any atom is -0.305 e. The number of benzene rings is 1. The van der Waals surface area contributed by atoms with Crippen LogP contribution in [-0.2, 0) is 6.54 Å². The van der Waals surface area contributed by atoms with Crippen LogP contribution in [0.15, 0.2) is 48.8 Å². The lowest BCUT2D eigenvalue weighted by molar-refractivity contribution is 0.102. The Balaban J connectivity index is 1.45. The summed E-state index contributed by atoms with van der Waals surface area (Å²) in [5.41, 5.74) is 2.81. The number of nitrogens with one attached hydrogen (secondary N) is 1. The third kappa shape index (κ3) is 3.54. The SMILES string of the molecule is Cc1ccc(Cn2nccc2NC(=O)c2ccn(C3CCCC3)n2)cc1. The van der Waals surface area contributed by atoms with Crippen LogP contribution in [-0.4, -0.2) is 25.5 Å². The third-order valence-electron chi connectivity index (χ3n) is 4.95. The van der Waals surface area contributed by atoms with Crippen molar-refractivity contribution in [1.82, 2.24) is 19.6 Å². The molecule has 6 heteroatoms. The van der Waals surface area contributed by atoms with E-state index in [9.17, 15) is 4.79 Å². The van der Waals surface area contributed by atoms with Crippen molar-refractivity contribution in [1.29, 1.82) is 0 Å². The molecule has 0 radical (unpaired) electrons. The van der Waals surface area contributed by atoms with Gasteiger partial charge in [-0.3, -0.25) is 9.48 Å². The van der Waals surface area contributed by atoms with Crippen LogP contribution >= 0.6 is 0 Å². The molecule has 4 rings (SSSR count). The first-order valence-corrected chi connectivity index (χ1v) is 9.13. The Bertz CT molecular complexity index is 887. The smallest absolute Gasteiger partial charge is 0.277 e. The Labute approximate surface area is 152 Å². The fourth-order valence-corrected chi connectivity index (χ4v) is 3.44. The summed E-state index contributed by atoms with van der Waals surface area (Å²) in [6.07, 6.45) is 8.38. The number of hydrogen-bond acceptors (Lipinski definition) is 3. The molecule has 26 heavy (non-hydrogen) atoms. The normalized spacial score (nSPS) is 14.7. The molecule has 1 saturated carbocycles. The molecule has 1 aromatic carbocycles. The molecular weight excluding hydrogens is 326 g/mol. The molecule has 1 N–H and O–H groups in total. The average Bonchev–Trinajstić information content (AvgIpc) is 3.38. The van der Waals surface area contributed by atoms with E-state index in [1.54, 1.807) is 23.0 Å². The molecule has 1 amide bonds. The van der Waals surface area contributed by atoms with Crippen molar-refractivity contribution >= 4 is 11.7 Å². The van der Waals surface area contributed by atoms with Gasteiger partial charge in [-0.1, -0.05) is 42.7 Å². The first-order valence-electron chi connectivity index (χ1n) is 9.13. The number of rotatable bonds is 5. The largest absolute Gasteiger partial charge is 0.305 e. The molecule has 0 aliphatic heterocycles. The van der Waals surface area contributed by atoms with E-state index in [1.165, 1.54) is 18.4 Å². The van der Waals surface area contributed by atoms with Crippen molar-refractivity contribution in [3.63, 3.8) is 0 Å². The van der Waals surface area contributed by atoms with Gasteiger partial charge in [0.25, 0.3) is 5.91 Å². The summed E-state index contributed by atoms with van der Waals surface area (Å²) in [7, 11) is 0. The highest BCUT2D eigenvalue weighted by molar-refractivity contribution is 6.02. The van der Waals surface area contributed by atoms with E-state index in [0.29, 0.717) is 24.1 Å². The summed E-state index contributed by atoms with van der Waals surface area (Å²) < 4.78 is 3.72. The van der Waals surface area contributed by atoms with Crippen molar-refractivity contribution in [3.8, 4) is 0 Å². The maximum absolute atomic E-state index is 12.6. The number of aromatic nitrogens is 4. The number of anilines is 1. The van der Waals surface area contributed by atoms with Crippen LogP contribution in [0.1, 0.15) is 53.3 Å². The topological polar surface area (TPSA) is 64.7 Å². The number of nitrogens with zero attached hydrogens (tertiary/aromatic N) is 4. The van der Waals surface area contributed by atoms with Crippen LogP contribution in [0.5, 0.6) is 0 Å². The first-order chi connectivity index (χ1) is 12.7. The number of hydrogen-bond donors (Lipinski definition) is 1. The van der Waals surface area contributed by atoms with Gasteiger partial charge < -0.3 is 5.32 Å². The molecule has 0 unspecified atom stereocenters. The van der Waals surface area contributed by atoms with Crippen molar-refractivity contribution in [2.45, 2.75) is 45.2 Å². The highest BCUT2D eigenvalue weighted by Gasteiger charge is 2.19. The Morgan fingerprint density at radius 1 is 1.15 bits per heavy atom. The lowest BCUT2D eigenvalue weighted by Gasteiger charge is -2.10. The van der Waals surface area contributed by atoms with Gasteiger partial charge in [-0.05, 0) is 31.4 Å². The zero-order valence-electron chi connectivity index (χ0n) is 14.9. The van der Waals surface area contributed by atoms with Crippen LogP contribution < -0.4 is 5.32 Å². The van der Waals surface area contributed by atoms with Gasteiger partial charge >= 0.3 is 0 Å². The van der Waals surface area contributed by atoms with Crippen LogP contribution in [0, 0.1) is 6.92 Å². The summed E-state index contributed by atoms with van der Waals surface area (Å²) in [6, 6.07) is 12.3. The van der Waals surface area contributed by atoms with Gasteiger partial charge in [0.15, 0.2) is 5.69 Å². The van der Waals surface area contributed by atoms with Gasteiger partial charge in [-0.15, -0.1) is 0 Å². The first kappa shape index (κ1) is 16.6. The number of carbonyl (C=O) groups is 1. The predicted octanol–water partition coefficient (Wildman–Crippen LogP) is 3.80. The molecule has 0 atom stereocenters. The van der Waals surface area contributed by atoms with Crippen LogP contribution in [0.25, 0.3) is 0 Å². The van der Waals surface area contributed by atoms with Gasteiger partial charge in [-0.2, -0.15) is 10.2 Å². The molecule has 2 heterocycles. The quantitative estimate of drug-likeness (QED) is 0.762. The Kier molecular flexibility index (Phi) is 4.56. The van der Waals surface area contributed by atoms with Gasteiger partial charge in [0.2, 0.25) is 0 Å². The minimum absolute atomic E-state index is 0.201. The van der Waals surface area contributed by atoms with E-state index in [0.717, 1.165) is 18.4 Å². The van der Waals surface area contributed by atoms with Gasteiger partial charge in [0.1, 0.15) is 5.82 Å². The number of carbonyl (C=O) groups excluding carboxylic acids is 1. The maximum Gasteiger partial charge on any atom is 0.277 e. The van der Waals surface area contributed by atoms with Crippen molar-refractivity contribution in [2.24, 2.45) is 0 Å². The van der Waals surface area contributed by atoms with Crippen molar-refractivity contribution in [2.75, 3.05) is 5.32 Å². The Morgan fingerprint density at radius 3 is 2.69 bits per heavy atom.